The molecule has 0 saturated carbocycles. The van der Waals surface area contributed by atoms with Gasteiger partial charge in [-0.3, -0.25) is 0 Å². The summed E-state index contributed by atoms with van der Waals surface area (Å²) in [7, 11) is 0. The van der Waals surface area contributed by atoms with Crippen molar-refractivity contribution in [2.75, 3.05) is 0 Å². The maximum Gasteiger partial charge on any atom is 0.164 e. The van der Waals surface area contributed by atoms with Gasteiger partial charge < -0.3 is 8.98 Å². The molecule has 3 heterocycles. The topological polar surface area (TPSA) is 56.7 Å². The van der Waals surface area contributed by atoms with E-state index in [9.17, 15) is 0 Å². The first-order valence-corrected chi connectivity index (χ1v) is 20.9. The van der Waals surface area contributed by atoms with Crippen molar-refractivity contribution in [2.24, 2.45) is 0 Å². The largest absolute Gasteiger partial charge is 0.456 e. The lowest BCUT2D eigenvalue weighted by molar-refractivity contribution is 0.669. The fourth-order valence-electron chi connectivity index (χ4n) is 9.50. The Hall–Kier alpha value is -8.41. The zero-order chi connectivity index (χ0) is 40.7. The zero-order valence-corrected chi connectivity index (χ0v) is 33.3. The predicted octanol–water partition coefficient (Wildman–Crippen LogP) is 15.0. The molecule has 0 saturated heterocycles. The number of hydrogen-bond acceptors (Lipinski definition) is 4. The number of benzene rings is 10. The average Bonchev–Trinajstić information content (AvgIpc) is 3.89. The second kappa shape index (κ2) is 13.6. The molecular formula is C57H34N4O. The van der Waals surface area contributed by atoms with Crippen molar-refractivity contribution in [3.63, 3.8) is 0 Å². The van der Waals surface area contributed by atoms with Crippen LogP contribution >= 0.6 is 0 Å². The monoisotopic (exact) mass is 790 g/mol. The van der Waals surface area contributed by atoms with E-state index in [0.29, 0.717) is 17.5 Å². The van der Waals surface area contributed by atoms with Crippen molar-refractivity contribution < 1.29 is 4.42 Å². The number of nitrogens with zero attached hydrogens (tertiary/aromatic N) is 4. The maximum absolute atomic E-state index is 6.16. The molecule has 0 amide bonds. The molecule has 0 unspecified atom stereocenters. The van der Waals surface area contributed by atoms with Crippen molar-refractivity contribution >= 4 is 76.1 Å². The van der Waals surface area contributed by atoms with Gasteiger partial charge in [0.2, 0.25) is 0 Å². The zero-order valence-electron chi connectivity index (χ0n) is 33.3. The lowest BCUT2D eigenvalue weighted by Crippen LogP contribution is -2.00. The minimum atomic E-state index is 0.635. The van der Waals surface area contributed by atoms with Gasteiger partial charge in [-0.25, -0.2) is 15.0 Å². The highest BCUT2D eigenvalue weighted by atomic mass is 16.3. The lowest BCUT2D eigenvalue weighted by atomic mass is 9.93. The summed E-state index contributed by atoms with van der Waals surface area (Å²) in [4.78, 5) is 15.2. The van der Waals surface area contributed by atoms with Gasteiger partial charge in [-0.2, -0.15) is 0 Å². The van der Waals surface area contributed by atoms with Crippen LogP contribution in [0.15, 0.2) is 211 Å². The molecule has 13 aromatic rings. The molecule has 288 valence electrons. The van der Waals surface area contributed by atoms with Gasteiger partial charge in [-0.15, -0.1) is 0 Å². The van der Waals surface area contributed by atoms with Crippen molar-refractivity contribution in [3.8, 4) is 51.0 Å². The van der Waals surface area contributed by atoms with E-state index >= 15 is 0 Å². The number of hydrogen-bond donors (Lipinski definition) is 0. The lowest BCUT2D eigenvalue weighted by Gasteiger charge is -2.15. The minimum Gasteiger partial charge on any atom is -0.456 e. The van der Waals surface area contributed by atoms with Crippen molar-refractivity contribution in [3.05, 3.63) is 206 Å². The molecule has 0 fully saturated rings. The van der Waals surface area contributed by atoms with Gasteiger partial charge in [0.05, 0.1) is 11.0 Å². The van der Waals surface area contributed by atoms with Gasteiger partial charge in [0.1, 0.15) is 11.2 Å². The molecule has 0 atom stereocenters. The van der Waals surface area contributed by atoms with Crippen LogP contribution in [-0.2, 0) is 0 Å². The third-order valence-electron chi connectivity index (χ3n) is 12.4. The summed E-state index contributed by atoms with van der Waals surface area (Å²) >= 11 is 0. The molecule has 10 aromatic carbocycles. The molecule has 0 spiro atoms. The third kappa shape index (κ3) is 5.38. The van der Waals surface area contributed by atoms with Gasteiger partial charge in [0, 0.05) is 43.9 Å². The molecule has 3 aromatic heterocycles. The smallest absolute Gasteiger partial charge is 0.164 e. The van der Waals surface area contributed by atoms with E-state index < -0.39 is 0 Å². The van der Waals surface area contributed by atoms with Crippen LogP contribution in [0, 0.1) is 0 Å². The molecule has 0 bridgehead atoms. The summed E-state index contributed by atoms with van der Waals surface area (Å²) in [5.41, 5.74) is 10.4. The van der Waals surface area contributed by atoms with Crippen LogP contribution in [0.5, 0.6) is 0 Å². The molecule has 0 aliphatic rings. The van der Waals surface area contributed by atoms with Gasteiger partial charge >= 0.3 is 0 Å². The fourth-order valence-corrected chi connectivity index (χ4v) is 9.50. The standard InChI is InChI=1S/C57H34N4O/c1-3-13-35(14-4-1)55-58-56(36-15-5-2-6-16-36)60-57(59-55)39-23-27-43-41-17-7-8-18-42(41)44-28-26-40(34-48(44)47(43)33-39)61-51-21-11-9-19-45(51)49-31-37(24-29-52(49)61)38-25-30-54-50(32-38)46-20-10-12-22-53(46)62-54/h1-34H. The number of para-hydroxylation sites is 2. The van der Waals surface area contributed by atoms with E-state index in [1.807, 2.05) is 72.8 Å². The van der Waals surface area contributed by atoms with Gasteiger partial charge in [-0.1, -0.05) is 152 Å². The van der Waals surface area contributed by atoms with E-state index in [-0.39, 0.29) is 0 Å². The highest BCUT2D eigenvalue weighted by Crippen LogP contribution is 2.41. The third-order valence-corrected chi connectivity index (χ3v) is 12.4. The first-order chi connectivity index (χ1) is 30.7. The van der Waals surface area contributed by atoms with Crippen LogP contribution in [0.4, 0.5) is 0 Å². The van der Waals surface area contributed by atoms with E-state index in [1.54, 1.807) is 0 Å². The number of aromatic nitrogens is 4. The number of fused-ring (bicyclic) bond motifs is 12. The van der Waals surface area contributed by atoms with Gasteiger partial charge in [-0.05, 0) is 98.0 Å². The van der Waals surface area contributed by atoms with Crippen LogP contribution in [0.25, 0.3) is 127 Å². The highest BCUT2D eigenvalue weighted by Gasteiger charge is 2.18. The molecule has 0 aliphatic carbocycles. The van der Waals surface area contributed by atoms with Crippen LogP contribution in [0.1, 0.15) is 0 Å². The van der Waals surface area contributed by atoms with Crippen LogP contribution < -0.4 is 0 Å². The highest BCUT2D eigenvalue weighted by molar-refractivity contribution is 6.26. The second-order valence-electron chi connectivity index (χ2n) is 16.0. The van der Waals surface area contributed by atoms with Crippen LogP contribution in [-0.4, -0.2) is 19.5 Å². The Morgan fingerprint density at radius 3 is 1.45 bits per heavy atom. The molecule has 0 aliphatic heterocycles. The molecule has 5 nitrogen and oxygen atoms in total. The minimum absolute atomic E-state index is 0.635. The van der Waals surface area contributed by atoms with E-state index in [0.717, 1.165) is 66.3 Å². The van der Waals surface area contributed by atoms with Crippen LogP contribution in [0.3, 0.4) is 0 Å². The SMILES string of the molecule is c1ccc(-c2nc(-c3ccccc3)nc(-c3ccc4c5ccccc5c5ccc(-n6c7ccccc7c7cc(-c8ccc9oc%10ccccc%10c9c8)ccc76)cc5c4c3)n2)cc1. The quantitative estimate of drug-likeness (QED) is 0.163. The molecule has 13 rings (SSSR count). The number of rotatable bonds is 5. The normalized spacial score (nSPS) is 11.9. The first-order valence-electron chi connectivity index (χ1n) is 20.9. The number of furan rings is 1. The molecular weight excluding hydrogens is 757 g/mol. The van der Waals surface area contributed by atoms with Crippen molar-refractivity contribution in [2.45, 2.75) is 0 Å². The molecule has 62 heavy (non-hydrogen) atoms. The summed E-state index contributed by atoms with van der Waals surface area (Å²) in [5.74, 6) is 1.92. The van der Waals surface area contributed by atoms with E-state index in [2.05, 4.69) is 138 Å². The second-order valence-corrected chi connectivity index (χ2v) is 16.0. The summed E-state index contributed by atoms with van der Waals surface area (Å²) in [6.07, 6.45) is 0. The Balaban J connectivity index is 1.01. The molecule has 0 N–H and O–H groups in total. The molecule has 0 radical (unpaired) electrons. The summed E-state index contributed by atoms with van der Waals surface area (Å²) in [6.45, 7) is 0. The fraction of sp³-hybridized carbons (Fsp3) is 0. The summed E-state index contributed by atoms with van der Waals surface area (Å²) < 4.78 is 8.58. The van der Waals surface area contributed by atoms with Crippen molar-refractivity contribution in [1.29, 1.82) is 0 Å². The first kappa shape index (κ1) is 34.5. The van der Waals surface area contributed by atoms with Crippen LogP contribution in [0.2, 0.25) is 0 Å². The molecule has 5 heteroatoms. The predicted molar refractivity (Wildman–Crippen MR) is 256 cm³/mol. The Kier molecular flexibility index (Phi) is 7.54. The Bertz CT molecular complexity index is 3870. The van der Waals surface area contributed by atoms with E-state index in [4.69, 9.17) is 19.4 Å². The Labute approximate surface area is 355 Å². The van der Waals surface area contributed by atoms with E-state index in [1.165, 1.54) is 43.3 Å². The Morgan fingerprint density at radius 2 is 0.742 bits per heavy atom. The maximum atomic E-state index is 6.16. The van der Waals surface area contributed by atoms with Gasteiger partial charge in [0.15, 0.2) is 17.5 Å². The Morgan fingerprint density at radius 1 is 0.274 bits per heavy atom. The van der Waals surface area contributed by atoms with Gasteiger partial charge in [0.25, 0.3) is 0 Å². The van der Waals surface area contributed by atoms with Crippen molar-refractivity contribution in [1.82, 2.24) is 19.5 Å². The average molecular weight is 791 g/mol. The summed E-state index contributed by atoms with van der Waals surface area (Å²) in [6, 6.07) is 73.0. The summed E-state index contributed by atoms with van der Waals surface area (Å²) in [5, 5.41) is 11.8.